The Morgan fingerprint density at radius 1 is 0.977 bits per heavy atom. The van der Waals surface area contributed by atoms with Gasteiger partial charge in [-0.3, -0.25) is 19.4 Å². The van der Waals surface area contributed by atoms with Gasteiger partial charge >= 0.3 is 12.2 Å². The monoisotopic (exact) mass is 612 g/mol. The van der Waals surface area contributed by atoms with Gasteiger partial charge in [0, 0.05) is 69.7 Å². The van der Waals surface area contributed by atoms with E-state index in [4.69, 9.17) is 0 Å². The van der Waals surface area contributed by atoms with Gasteiger partial charge < -0.3 is 20.9 Å². The zero-order valence-corrected chi connectivity index (χ0v) is 25.0. The lowest BCUT2D eigenvalue weighted by atomic mass is 10.0. The minimum atomic E-state index is -4.59. The third kappa shape index (κ3) is 8.51. The third-order valence-electron chi connectivity index (χ3n) is 7.28. The summed E-state index contributed by atoms with van der Waals surface area (Å²) < 4.78 is 42.0. The molecule has 234 valence electrons. The van der Waals surface area contributed by atoms with Crippen LogP contribution in [0.15, 0.2) is 48.8 Å². The predicted molar refractivity (Wildman–Crippen MR) is 160 cm³/mol. The molecule has 4 amide bonds. The van der Waals surface area contributed by atoms with Gasteiger partial charge in [0.05, 0.1) is 17.8 Å². The van der Waals surface area contributed by atoms with Crippen LogP contribution in [0.2, 0.25) is 0 Å². The van der Waals surface area contributed by atoms with E-state index in [2.05, 4.69) is 30.8 Å². The molecule has 1 aromatic heterocycles. The van der Waals surface area contributed by atoms with Gasteiger partial charge in [0.25, 0.3) is 5.91 Å². The fourth-order valence-corrected chi connectivity index (χ4v) is 4.59. The van der Waals surface area contributed by atoms with E-state index in [0.29, 0.717) is 30.0 Å². The molecule has 3 aromatic rings. The van der Waals surface area contributed by atoms with Gasteiger partial charge in [-0.2, -0.15) is 13.2 Å². The molecule has 0 aliphatic carbocycles. The second-order valence-electron chi connectivity index (χ2n) is 10.7. The zero-order chi connectivity index (χ0) is 32.0. The first-order valence-electron chi connectivity index (χ1n) is 13.9. The Bertz CT molecular complexity index is 1520. The summed E-state index contributed by atoms with van der Waals surface area (Å²) in [5.41, 5.74) is 0.998. The number of likely N-dealkylation sites (N-methyl/N-ethyl adjacent to an activating group) is 1. The standard InChI is InChI=1S/C30H35F3N8O3/c1-19-5-6-21(13-26(19)38-29(44)40(4)27-15-24(35-18-36-27)16-34-20(2)42)28(43)37-23-8-7-22(25(14-23)30(31,32)33)17-41-11-9-39(3)10-12-41/h5-8,13-15,18H,9-12,16-17H2,1-4H3,(H,34,42)(H,37,43)(H,38,44). The topological polar surface area (TPSA) is 123 Å². The fourth-order valence-electron chi connectivity index (χ4n) is 4.59. The van der Waals surface area contributed by atoms with Crippen LogP contribution in [0, 0.1) is 6.92 Å². The number of aromatic nitrogens is 2. The van der Waals surface area contributed by atoms with Crippen molar-refractivity contribution < 1.29 is 27.6 Å². The Labute approximate surface area is 253 Å². The molecule has 2 aromatic carbocycles. The van der Waals surface area contributed by atoms with Crippen molar-refractivity contribution >= 4 is 35.0 Å². The van der Waals surface area contributed by atoms with Gasteiger partial charge in [-0.15, -0.1) is 0 Å². The highest BCUT2D eigenvalue weighted by atomic mass is 19.4. The molecule has 1 aliphatic rings. The second-order valence-corrected chi connectivity index (χ2v) is 10.7. The number of halogens is 3. The first kappa shape index (κ1) is 32.4. The number of hydrogen-bond donors (Lipinski definition) is 3. The summed E-state index contributed by atoms with van der Waals surface area (Å²) in [5, 5.41) is 7.91. The number of nitrogens with one attached hydrogen (secondary N) is 3. The van der Waals surface area contributed by atoms with Crippen molar-refractivity contribution in [3.63, 3.8) is 0 Å². The molecule has 11 nitrogen and oxygen atoms in total. The summed E-state index contributed by atoms with van der Waals surface area (Å²) in [6.07, 6.45) is -3.32. The van der Waals surface area contributed by atoms with E-state index in [1.807, 2.05) is 11.9 Å². The summed E-state index contributed by atoms with van der Waals surface area (Å²) in [7, 11) is 3.48. The Hall–Kier alpha value is -4.56. The molecule has 0 spiro atoms. The number of anilines is 3. The molecule has 1 fully saturated rings. The molecule has 4 rings (SSSR count). The molecule has 0 atom stereocenters. The highest BCUT2D eigenvalue weighted by Gasteiger charge is 2.34. The molecule has 1 saturated heterocycles. The zero-order valence-electron chi connectivity index (χ0n) is 25.0. The largest absolute Gasteiger partial charge is 0.416 e. The maximum Gasteiger partial charge on any atom is 0.416 e. The Balaban J connectivity index is 1.46. The van der Waals surface area contributed by atoms with Crippen LogP contribution in [0.4, 0.5) is 35.2 Å². The summed E-state index contributed by atoms with van der Waals surface area (Å²) in [6, 6.07) is 9.42. The molecule has 0 saturated carbocycles. The normalized spacial score (nSPS) is 14.2. The highest BCUT2D eigenvalue weighted by molar-refractivity contribution is 6.06. The van der Waals surface area contributed by atoms with E-state index in [1.54, 1.807) is 19.1 Å². The van der Waals surface area contributed by atoms with E-state index < -0.39 is 23.7 Å². The summed E-state index contributed by atoms with van der Waals surface area (Å²) in [5.74, 6) is -0.581. The van der Waals surface area contributed by atoms with Gasteiger partial charge in [0.15, 0.2) is 0 Å². The van der Waals surface area contributed by atoms with Crippen molar-refractivity contribution in [3.8, 4) is 0 Å². The number of rotatable bonds is 8. The average molecular weight is 613 g/mol. The van der Waals surface area contributed by atoms with Crippen molar-refractivity contribution in [2.45, 2.75) is 33.1 Å². The average Bonchev–Trinajstić information content (AvgIpc) is 2.98. The number of benzene rings is 2. The van der Waals surface area contributed by atoms with Crippen LogP contribution in [0.5, 0.6) is 0 Å². The third-order valence-corrected chi connectivity index (χ3v) is 7.28. The molecule has 0 radical (unpaired) electrons. The van der Waals surface area contributed by atoms with Crippen molar-refractivity contribution in [2.24, 2.45) is 0 Å². The number of nitrogens with zero attached hydrogens (tertiary/aromatic N) is 5. The van der Waals surface area contributed by atoms with E-state index in [1.165, 1.54) is 49.5 Å². The van der Waals surface area contributed by atoms with Crippen LogP contribution in [-0.4, -0.2) is 77.9 Å². The number of piperazine rings is 1. The minimum Gasteiger partial charge on any atom is -0.351 e. The SMILES string of the molecule is CC(=O)NCc1cc(N(C)C(=O)Nc2cc(C(=O)Nc3ccc(CN4CCN(C)CC4)c(C(F)(F)F)c3)ccc2C)ncn1. The molecule has 3 N–H and O–H groups in total. The molecule has 2 heterocycles. The van der Waals surface area contributed by atoms with Crippen LogP contribution >= 0.6 is 0 Å². The van der Waals surface area contributed by atoms with Gasteiger partial charge in [-0.25, -0.2) is 14.8 Å². The number of carbonyl (C=O) groups is 3. The van der Waals surface area contributed by atoms with Crippen molar-refractivity contribution in [2.75, 3.05) is 55.8 Å². The maximum atomic E-state index is 14.0. The molecule has 0 unspecified atom stereocenters. The molecule has 44 heavy (non-hydrogen) atoms. The first-order chi connectivity index (χ1) is 20.8. The number of urea groups is 1. The lowest BCUT2D eigenvalue weighted by Crippen LogP contribution is -2.44. The number of aryl methyl sites for hydroxylation is 1. The van der Waals surface area contributed by atoms with Crippen LogP contribution in [0.25, 0.3) is 0 Å². The van der Waals surface area contributed by atoms with E-state index in [0.717, 1.165) is 19.2 Å². The first-order valence-corrected chi connectivity index (χ1v) is 13.9. The second kappa shape index (κ2) is 13.8. The Morgan fingerprint density at radius 2 is 1.70 bits per heavy atom. The maximum absolute atomic E-state index is 14.0. The Kier molecular flexibility index (Phi) is 10.2. The van der Waals surface area contributed by atoms with Crippen molar-refractivity contribution in [3.05, 3.63) is 76.7 Å². The quantitative estimate of drug-likeness (QED) is 0.350. The van der Waals surface area contributed by atoms with E-state index in [9.17, 15) is 27.6 Å². The number of alkyl halides is 3. The molecular formula is C30H35F3N8O3. The summed E-state index contributed by atoms with van der Waals surface area (Å²) in [6.45, 7) is 6.36. The lowest BCUT2D eigenvalue weighted by Gasteiger charge is -2.33. The lowest BCUT2D eigenvalue weighted by molar-refractivity contribution is -0.138. The predicted octanol–water partition coefficient (Wildman–Crippen LogP) is 4.11. The van der Waals surface area contributed by atoms with Gasteiger partial charge in [-0.1, -0.05) is 12.1 Å². The van der Waals surface area contributed by atoms with Crippen LogP contribution < -0.4 is 20.9 Å². The molecule has 1 aliphatic heterocycles. The summed E-state index contributed by atoms with van der Waals surface area (Å²) in [4.78, 5) is 50.8. The van der Waals surface area contributed by atoms with Crippen molar-refractivity contribution in [1.29, 1.82) is 0 Å². The van der Waals surface area contributed by atoms with Crippen LogP contribution in [0.3, 0.4) is 0 Å². The fraction of sp³-hybridized carbons (Fsp3) is 0.367. The molecular weight excluding hydrogens is 577 g/mol. The Morgan fingerprint density at radius 3 is 2.39 bits per heavy atom. The van der Waals surface area contributed by atoms with Gasteiger partial charge in [-0.05, 0) is 49.4 Å². The van der Waals surface area contributed by atoms with Crippen LogP contribution in [0.1, 0.15) is 39.7 Å². The summed E-state index contributed by atoms with van der Waals surface area (Å²) >= 11 is 0. The van der Waals surface area contributed by atoms with Gasteiger partial charge in [0.1, 0.15) is 12.1 Å². The number of hydrogen-bond acceptors (Lipinski definition) is 7. The highest BCUT2D eigenvalue weighted by Crippen LogP contribution is 2.35. The van der Waals surface area contributed by atoms with Gasteiger partial charge in [0.2, 0.25) is 5.91 Å². The number of carbonyl (C=O) groups excluding carboxylic acids is 3. The number of amides is 4. The molecule has 0 bridgehead atoms. The smallest absolute Gasteiger partial charge is 0.351 e. The van der Waals surface area contributed by atoms with E-state index >= 15 is 0 Å². The van der Waals surface area contributed by atoms with E-state index in [-0.39, 0.29) is 41.6 Å². The van der Waals surface area contributed by atoms with Crippen LogP contribution in [-0.2, 0) is 24.1 Å². The minimum absolute atomic E-state index is 0.00850. The molecule has 14 heteroatoms. The van der Waals surface area contributed by atoms with Crippen molar-refractivity contribution in [1.82, 2.24) is 25.1 Å².